The van der Waals surface area contributed by atoms with Crippen LogP contribution >= 0.6 is 22.9 Å². The highest BCUT2D eigenvalue weighted by atomic mass is 35.5. The van der Waals surface area contributed by atoms with Gasteiger partial charge in [0, 0.05) is 13.1 Å². The molecule has 2 amide bonds. The van der Waals surface area contributed by atoms with Gasteiger partial charge in [0.25, 0.3) is 11.8 Å². The van der Waals surface area contributed by atoms with E-state index in [9.17, 15) is 14.0 Å². The summed E-state index contributed by atoms with van der Waals surface area (Å²) >= 11 is 7.08. The molecule has 1 aliphatic heterocycles. The third-order valence-corrected chi connectivity index (χ3v) is 5.27. The third-order valence-electron chi connectivity index (χ3n) is 3.74. The van der Waals surface area contributed by atoms with Crippen LogP contribution in [0, 0.1) is 12.7 Å². The second kappa shape index (κ2) is 7.98. The van der Waals surface area contributed by atoms with Gasteiger partial charge in [-0.25, -0.2) is 9.37 Å². The van der Waals surface area contributed by atoms with Gasteiger partial charge in [0.15, 0.2) is 5.13 Å². The van der Waals surface area contributed by atoms with Crippen molar-refractivity contribution in [3.8, 4) is 0 Å². The zero-order valence-electron chi connectivity index (χ0n) is 13.8. The first-order valence-electron chi connectivity index (χ1n) is 7.81. The number of carbonyl (C=O) groups is 2. The molecule has 1 aliphatic rings. The molecule has 1 fully saturated rings. The number of halogens is 2. The van der Waals surface area contributed by atoms with Crippen molar-refractivity contribution < 1.29 is 18.7 Å². The highest BCUT2D eigenvalue weighted by Crippen LogP contribution is 2.26. The second-order valence-corrected chi connectivity index (χ2v) is 6.93. The molecule has 0 unspecified atom stereocenters. The number of morpholine rings is 1. The number of thiazole rings is 1. The van der Waals surface area contributed by atoms with Gasteiger partial charge in [0.1, 0.15) is 10.7 Å². The Bertz CT molecular complexity index is 839. The number of amides is 2. The maximum absolute atomic E-state index is 13.0. The lowest BCUT2D eigenvalue weighted by Gasteiger charge is -2.25. The van der Waals surface area contributed by atoms with E-state index in [-0.39, 0.29) is 10.6 Å². The molecule has 138 valence electrons. The summed E-state index contributed by atoms with van der Waals surface area (Å²) in [5.41, 5.74) is 5.24. The summed E-state index contributed by atoms with van der Waals surface area (Å²) in [4.78, 5) is 31.3. The zero-order chi connectivity index (χ0) is 18.7. The van der Waals surface area contributed by atoms with Gasteiger partial charge in [-0.1, -0.05) is 22.9 Å². The zero-order valence-corrected chi connectivity index (χ0v) is 15.4. The minimum atomic E-state index is -0.640. The average molecular weight is 399 g/mol. The molecule has 0 bridgehead atoms. The lowest BCUT2D eigenvalue weighted by molar-refractivity contribution is 0.0848. The molecule has 0 aliphatic carbocycles. The van der Waals surface area contributed by atoms with Crippen LogP contribution in [-0.4, -0.2) is 43.1 Å². The SMILES string of the molecule is Cc1nc(N2CCOCC2)sc1C(=O)NNC(=O)c1ccc(F)cc1Cl. The van der Waals surface area contributed by atoms with Crippen LogP contribution in [-0.2, 0) is 4.74 Å². The molecular formula is C16H16ClFN4O3S. The fraction of sp³-hybridized carbons (Fsp3) is 0.312. The quantitative estimate of drug-likeness (QED) is 0.774. The van der Waals surface area contributed by atoms with Gasteiger partial charge in [-0.3, -0.25) is 20.4 Å². The molecule has 10 heteroatoms. The van der Waals surface area contributed by atoms with Gasteiger partial charge in [-0.05, 0) is 25.1 Å². The fourth-order valence-corrected chi connectivity index (χ4v) is 3.66. The standard InChI is InChI=1S/C16H16ClFN4O3S/c1-9-13(26-16(19-9)22-4-6-25-7-5-22)15(24)21-20-14(23)11-3-2-10(18)8-12(11)17/h2-3,8H,4-7H2,1H3,(H,20,23)(H,21,24). The summed E-state index contributed by atoms with van der Waals surface area (Å²) in [6.07, 6.45) is 0. The molecule has 0 atom stereocenters. The van der Waals surface area contributed by atoms with Gasteiger partial charge in [0.2, 0.25) is 0 Å². The monoisotopic (exact) mass is 398 g/mol. The fourth-order valence-electron chi connectivity index (χ4n) is 2.39. The van der Waals surface area contributed by atoms with E-state index in [1.807, 2.05) is 0 Å². The summed E-state index contributed by atoms with van der Waals surface area (Å²) in [6, 6.07) is 3.39. The Morgan fingerprint density at radius 2 is 1.96 bits per heavy atom. The van der Waals surface area contributed by atoms with Crippen LogP contribution in [0.4, 0.5) is 9.52 Å². The summed E-state index contributed by atoms with van der Waals surface area (Å²) in [6.45, 7) is 4.40. The number of anilines is 1. The summed E-state index contributed by atoms with van der Waals surface area (Å²) < 4.78 is 18.3. The molecule has 2 N–H and O–H groups in total. The van der Waals surface area contributed by atoms with E-state index in [1.165, 1.54) is 17.4 Å². The van der Waals surface area contributed by atoms with E-state index >= 15 is 0 Å². The summed E-state index contributed by atoms with van der Waals surface area (Å²) in [5.74, 6) is -1.67. The van der Waals surface area contributed by atoms with Crippen LogP contribution in [0.15, 0.2) is 18.2 Å². The Kier molecular flexibility index (Phi) is 5.70. The average Bonchev–Trinajstić information content (AvgIpc) is 3.02. The minimum Gasteiger partial charge on any atom is -0.378 e. The highest BCUT2D eigenvalue weighted by molar-refractivity contribution is 7.17. The maximum atomic E-state index is 13.0. The van der Waals surface area contributed by atoms with E-state index in [0.717, 1.165) is 17.3 Å². The molecule has 26 heavy (non-hydrogen) atoms. The van der Waals surface area contributed by atoms with Crippen LogP contribution in [0.3, 0.4) is 0 Å². The number of nitrogens with one attached hydrogen (secondary N) is 2. The number of hydrogen-bond donors (Lipinski definition) is 2. The molecule has 7 nitrogen and oxygen atoms in total. The molecule has 3 rings (SSSR count). The lowest BCUT2D eigenvalue weighted by atomic mass is 10.2. The van der Waals surface area contributed by atoms with Gasteiger partial charge >= 0.3 is 0 Å². The third kappa shape index (κ3) is 4.12. The van der Waals surface area contributed by atoms with Crippen molar-refractivity contribution in [1.82, 2.24) is 15.8 Å². The predicted octanol–water partition coefficient (Wildman–Crippen LogP) is 2.16. The van der Waals surface area contributed by atoms with Crippen LogP contribution in [0.2, 0.25) is 5.02 Å². The Balaban J connectivity index is 1.64. The van der Waals surface area contributed by atoms with E-state index in [4.69, 9.17) is 16.3 Å². The smallest absolute Gasteiger partial charge is 0.281 e. The van der Waals surface area contributed by atoms with E-state index < -0.39 is 17.6 Å². The van der Waals surface area contributed by atoms with E-state index in [0.29, 0.717) is 36.9 Å². The first-order chi connectivity index (χ1) is 12.5. The molecular weight excluding hydrogens is 383 g/mol. The number of aromatic nitrogens is 1. The number of carbonyl (C=O) groups excluding carboxylic acids is 2. The number of hydrogen-bond acceptors (Lipinski definition) is 6. The number of rotatable bonds is 3. The molecule has 2 heterocycles. The molecule has 0 spiro atoms. The molecule has 1 saturated heterocycles. The van der Waals surface area contributed by atoms with Crippen molar-refractivity contribution in [2.75, 3.05) is 31.2 Å². The van der Waals surface area contributed by atoms with Crippen molar-refractivity contribution in [3.63, 3.8) is 0 Å². The number of nitrogens with zero attached hydrogens (tertiary/aromatic N) is 2. The van der Waals surface area contributed by atoms with Crippen molar-refractivity contribution in [3.05, 3.63) is 45.2 Å². The molecule has 1 aromatic heterocycles. The van der Waals surface area contributed by atoms with Crippen LogP contribution in [0.5, 0.6) is 0 Å². The molecule has 2 aromatic rings. The van der Waals surface area contributed by atoms with Crippen molar-refractivity contribution in [1.29, 1.82) is 0 Å². The van der Waals surface area contributed by atoms with Gasteiger partial charge < -0.3 is 9.64 Å². The Morgan fingerprint density at radius 1 is 1.27 bits per heavy atom. The van der Waals surface area contributed by atoms with Crippen LogP contribution in [0.25, 0.3) is 0 Å². The Labute approximate surface area is 158 Å². The van der Waals surface area contributed by atoms with Crippen molar-refractivity contribution in [2.45, 2.75) is 6.92 Å². The lowest BCUT2D eigenvalue weighted by Crippen LogP contribution is -2.41. The van der Waals surface area contributed by atoms with E-state index in [1.54, 1.807) is 6.92 Å². The topological polar surface area (TPSA) is 83.6 Å². The van der Waals surface area contributed by atoms with Crippen molar-refractivity contribution in [2.24, 2.45) is 0 Å². The first-order valence-corrected chi connectivity index (χ1v) is 9.01. The minimum absolute atomic E-state index is 0.0414. The first kappa shape index (κ1) is 18.6. The largest absolute Gasteiger partial charge is 0.378 e. The summed E-state index contributed by atoms with van der Waals surface area (Å²) in [5, 5.41) is 0.698. The van der Waals surface area contributed by atoms with Gasteiger partial charge in [0.05, 0.1) is 29.5 Å². The number of benzene rings is 1. The summed E-state index contributed by atoms with van der Waals surface area (Å²) in [7, 11) is 0. The molecule has 0 radical (unpaired) electrons. The number of aryl methyl sites for hydroxylation is 1. The number of hydrazine groups is 1. The number of ether oxygens (including phenoxy) is 1. The van der Waals surface area contributed by atoms with Gasteiger partial charge in [-0.15, -0.1) is 0 Å². The van der Waals surface area contributed by atoms with Crippen LogP contribution < -0.4 is 15.8 Å². The van der Waals surface area contributed by atoms with Crippen molar-refractivity contribution >= 4 is 39.9 Å². The molecule has 0 saturated carbocycles. The van der Waals surface area contributed by atoms with Gasteiger partial charge in [-0.2, -0.15) is 0 Å². The maximum Gasteiger partial charge on any atom is 0.281 e. The Hall–Kier alpha value is -2.23. The van der Waals surface area contributed by atoms with E-state index in [2.05, 4.69) is 20.7 Å². The Morgan fingerprint density at radius 3 is 2.65 bits per heavy atom. The highest BCUT2D eigenvalue weighted by Gasteiger charge is 2.21. The molecule has 1 aromatic carbocycles. The second-order valence-electron chi connectivity index (χ2n) is 5.54. The normalized spacial score (nSPS) is 14.2. The van der Waals surface area contributed by atoms with Crippen LogP contribution in [0.1, 0.15) is 25.7 Å². The predicted molar refractivity (Wildman–Crippen MR) is 96.2 cm³/mol.